The van der Waals surface area contributed by atoms with Crippen LogP contribution in [-0.4, -0.2) is 4.98 Å². The smallest absolute Gasteiger partial charge is 0.152 e. The molecule has 0 saturated carbocycles. The first kappa shape index (κ1) is 12.7. The fourth-order valence-corrected chi connectivity index (χ4v) is 1.97. The topological polar surface area (TPSA) is 24.9 Å². The number of anilines is 1. The first-order chi connectivity index (χ1) is 8.15. The Hall–Kier alpha value is -0.770. The highest BCUT2D eigenvalue weighted by molar-refractivity contribution is 9.10. The van der Waals surface area contributed by atoms with Gasteiger partial charge in [0.2, 0.25) is 0 Å². The van der Waals surface area contributed by atoms with Crippen molar-refractivity contribution in [3.63, 3.8) is 0 Å². The fourth-order valence-electron chi connectivity index (χ4n) is 1.35. The van der Waals surface area contributed by atoms with Crippen LogP contribution in [0.2, 0.25) is 10.2 Å². The molecule has 17 heavy (non-hydrogen) atoms. The lowest BCUT2D eigenvalue weighted by molar-refractivity contribution is 1.13. The van der Waals surface area contributed by atoms with E-state index in [-0.39, 0.29) is 0 Å². The van der Waals surface area contributed by atoms with Crippen LogP contribution in [0.25, 0.3) is 0 Å². The zero-order chi connectivity index (χ0) is 12.3. The number of nitrogens with one attached hydrogen (secondary N) is 1. The molecule has 1 aromatic heterocycles. The highest BCUT2D eigenvalue weighted by atomic mass is 79.9. The molecule has 0 spiro atoms. The molecule has 0 aliphatic heterocycles. The van der Waals surface area contributed by atoms with Gasteiger partial charge in [0.05, 0.1) is 5.69 Å². The lowest BCUT2D eigenvalue weighted by atomic mass is 10.2. The molecule has 0 bridgehead atoms. The van der Waals surface area contributed by atoms with Crippen LogP contribution < -0.4 is 5.32 Å². The summed E-state index contributed by atoms with van der Waals surface area (Å²) < 4.78 is 0.889. The maximum atomic E-state index is 5.97. The molecule has 0 saturated heterocycles. The average Bonchev–Trinajstić information content (AvgIpc) is 2.32. The fraction of sp³-hybridized carbons (Fsp3) is 0.0833. The Morgan fingerprint density at radius 1 is 1.18 bits per heavy atom. The van der Waals surface area contributed by atoms with E-state index in [2.05, 4.69) is 26.2 Å². The molecule has 0 atom stereocenters. The van der Waals surface area contributed by atoms with Crippen molar-refractivity contribution in [2.75, 3.05) is 5.32 Å². The molecule has 0 aliphatic rings. The van der Waals surface area contributed by atoms with Crippen molar-refractivity contribution in [2.45, 2.75) is 6.54 Å². The average molecular weight is 332 g/mol. The van der Waals surface area contributed by atoms with Crippen molar-refractivity contribution in [1.82, 2.24) is 4.98 Å². The highest BCUT2D eigenvalue weighted by Gasteiger charge is 2.02. The molecule has 1 N–H and O–H groups in total. The molecule has 0 aliphatic carbocycles. The lowest BCUT2D eigenvalue weighted by Crippen LogP contribution is -2.00. The van der Waals surface area contributed by atoms with Gasteiger partial charge in [-0.15, -0.1) is 0 Å². The predicted octanol–water partition coefficient (Wildman–Crippen LogP) is 4.76. The molecule has 0 amide bonds. The summed E-state index contributed by atoms with van der Waals surface area (Å²) in [6, 6.07) is 9.55. The van der Waals surface area contributed by atoms with E-state index >= 15 is 0 Å². The van der Waals surface area contributed by atoms with Gasteiger partial charge in [-0.2, -0.15) is 0 Å². The number of rotatable bonds is 3. The van der Waals surface area contributed by atoms with E-state index in [1.165, 1.54) is 0 Å². The van der Waals surface area contributed by atoms with Crippen molar-refractivity contribution >= 4 is 44.8 Å². The summed E-state index contributed by atoms with van der Waals surface area (Å²) in [5.41, 5.74) is 1.93. The molecule has 1 heterocycles. The van der Waals surface area contributed by atoms with Crippen LogP contribution in [0.4, 0.5) is 5.69 Å². The van der Waals surface area contributed by atoms with E-state index in [4.69, 9.17) is 23.2 Å². The zero-order valence-electron chi connectivity index (χ0n) is 8.75. The Bertz CT molecular complexity index is 514. The first-order valence-electron chi connectivity index (χ1n) is 4.94. The summed E-state index contributed by atoms with van der Waals surface area (Å²) in [6.45, 7) is 0.676. The summed E-state index contributed by atoms with van der Waals surface area (Å²) in [7, 11) is 0. The van der Waals surface area contributed by atoms with Gasteiger partial charge in [-0.1, -0.05) is 35.3 Å². The van der Waals surface area contributed by atoms with Gasteiger partial charge < -0.3 is 5.32 Å². The summed E-state index contributed by atoms with van der Waals surface area (Å²) >= 11 is 15.1. The standard InChI is InChI=1S/C12H9BrCl2N2/c13-9-5-11(12(15)17-7-9)16-6-8-1-3-10(14)4-2-8/h1-5,7,16H,6H2. The third-order valence-electron chi connectivity index (χ3n) is 2.20. The van der Waals surface area contributed by atoms with Gasteiger partial charge in [0.15, 0.2) is 5.15 Å². The Balaban J connectivity index is 2.07. The zero-order valence-corrected chi connectivity index (χ0v) is 11.9. The number of pyridine rings is 1. The molecule has 5 heteroatoms. The van der Waals surface area contributed by atoms with Crippen LogP contribution in [0.3, 0.4) is 0 Å². The van der Waals surface area contributed by atoms with Gasteiger partial charge in [0, 0.05) is 22.2 Å². The molecular formula is C12H9BrCl2N2. The van der Waals surface area contributed by atoms with Gasteiger partial charge in [-0.25, -0.2) is 4.98 Å². The van der Waals surface area contributed by atoms with Gasteiger partial charge in [0.25, 0.3) is 0 Å². The first-order valence-corrected chi connectivity index (χ1v) is 6.49. The maximum Gasteiger partial charge on any atom is 0.152 e. The van der Waals surface area contributed by atoms with Crippen LogP contribution in [-0.2, 0) is 6.54 Å². The number of benzene rings is 1. The van der Waals surface area contributed by atoms with E-state index in [1.54, 1.807) is 6.20 Å². The molecular weight excluding hydrogens is 323 g/mol. The van der Waals surface area contributed by atoms with Crippen molar-refractivity contribution in [1.29, 1.82) is 0 Å². The number of hydrogen-bond donors (Lipinski definition) is 1. The van der Waals surface area contributed by atoms with E-state index in [0.717, 1.165) is 20.7 Å². The second-order valence-electron chi connectivity index (χ2n) is 3.47. The molecule has 2 aromatic rings. The second-order valence-corrected chi connectivity index (χ2v) is 5.18. The molecule has 2 rings (SSSR count). The molecule has 0 unspecified atom stereocenters. The van der Waals surface area contributed by atoms with Gasteiger partial charge in [-0.3, -0.25) is 0 Å². The maximum absolute atomic E-state index is 5.97. The van der Waals surface area contributed by atoms with Crippen molar-refractivity contribution in [2.24, 2.45) is 0 Å². The Morgan fingerprint density at radius 2 is 1.88 bits per heavy atom. The minimum atomic E-state index is 0.460. The summed E-state index contributed by atoms with van der Waals surface area (Å²) in [6.07, 6.45) is 1.66. The van der Waals surface area contributed by atoms with Gasteiger partial charge >= 0.3 is 0 Å². The molecule has 88 valence electrons. The number of hydrogen-bond acceptors (Lipinski definition) is 2. The Labute approximate surface area is 118 Å². The summed E-state index contributed by atoms with van der Waals surface area (Å²) in [4.78, 5) is 4.04. The lowest BCUT2D eigenvalue weighted by Gasteiger charge is -2.08. The van der Waals surface area contributed by atoms with Crippen molar-refractivity contribution in [3.05, 3.63) is 56.7 Å². The third kappa shape index (κ3) is 3.60. The Morgan fingerprint density at radius 3 is 2.59 bits per heavy atom. The molecule has 1 aromatic carbocycles. The van der Waals surface area contributed by atoms with Crippen LogP contribution in [0.15, 0.2) is 41.0 Å². The van der Waals surface area contributed by atoms with Crippen LogP contribution in [0, 0.1) is 0 Å². The molecule has 2 nitrogen and oxygen atoms in total. The van der Waals surface area contributed by atoms with E-state index in [9.17, 15) is 0 Å². The highest BCUT2D eigenvalue weighted by Crippen LogP contribution is 2.23. The normalized spacial score (nSPS) is 10.3. The van der Waals surface area contributed by atoms with Gasteiger partial charge in [-0.05, 0) is 39.7 Å². The minimum Gasteiger partial charge on any atom is -0.378 e. The van der Waals surface area contributed by atoms with Crippen LogP contribution in [0.5, 0.6) is 0 Å². The van der Waals surface area contributed by atoms with Gasteiger partial charge in [0.1, 0.15) is 0 Å². The molecule has 0 radical (unpaired) electrons. The summed E-state index contributed by atoms with van der Waals surface area (Å²) in [5, 5.41) is 4.41. The van der Waals surface area contributed by atoms with Crippen LogP contribution >= 0.6 is 39.1 Å². The SMILES string of the molecule is Clc1ccc(CNc2cc(Br)cnc2Cl)cc1. The minimum absolute atomic E-state index is 0.460. The van der Waals surface area contributed by atoms with E-state index in [1.807, 2.05) is 30.3 Å². The largest absolute Gasteiger partial charge is 0.378 e. The van der Waals surface area contributed by atoms with E-state index < -0.39 is 0 Å². The Kier molecular flexibility index (Phi) is 4.26. The second kappa shape index (κ2) is 5.71. The number of nitrogens with zero attached hydrogens (tertiary/aromatic N) is 1. The van der Waals surface area contributed by atoms with Crippen LogP contribution in [0.1, 0.15) is 5.56 Å². The van der Waals surface area contributed by atoms with Crippen molar-refractivity contribution in [3.8, 4) is 0 Å². The predicted molar refractivity (Wildman–Crippen MR) is 75.7 cm³/mol. The quantitative estimate of drug-likeness (QED) is 0.820. The van der Waals surface area contributed by atoms with E-state index in [0.29, 0.717) is 11.7 Å². The third-order valence-corrected chi connectivity index (χ3v) is 3.19. The van der Waals surface area contributed by atoms with Crippen molar-refractivity contribution < 1.29 is 0 Å². The number of halogens is 3. The molecule has 0 fully saturated rings. The number of aromatic nitrogens is 1. The monoisotopic (exact) mass is 330 g/mol. The summed E-state index contributed by atoms with van der Waals surface area (Å²) in [5.74, 6) is 0.